The third-order valence-electron chi connectivity index (χ3n) is 3.52. The fourth-order valence-corrected chi connectivity index (χ4v) is 2.41. The third-order valence-corrected chi connectivity index (χ3v) is 3.52. The van der Waals surface area contributed by atoms with E-state index in [0.29, 0.717) is 13.2 Å². The van der Waals surface area contributed by atoms with Crippen molar-refractivity contribution in [2.75, 3.05) is 44.3 Å². The first kappa shape index (κ1) is 16.1. The average molecular weight is 292 g/mol. The standard InChI is InChI=1S/C17H28N2O2/c1-14-13-15(19-9-7-18-8-10-19)5-6-16(14)20-11-12-21-17(2,3)4/h5-6,13,18H,7-12H2,1-4H3. The van der Waals surface area contributed by atoms with E-state index in [1.54, 1.807) is 0 Å². The number of ether oxygens (including phenoxy) is 2. The Morgan fingerprint density at radius 2 is 1.86 bits per heavy atom. The molecule has 21 heavy (non-hydrogen) atoms. The van der Waals surface area contributed by atoms with Crippen molar-refractivity contribution in [2.24, 2.45) is 0 Å². The second-order valence-corrected chi connectivity index (χ2v) is 6.50. The molecule has 118 valence electrons. The van der Waals surface area contributed by atoms with Gasteiger partial charge in [0.25, 0.3) is 0 Å². The van der Waals surface area contributed by atoms with E-state index < -0.39 is 0 Å². The molecule has 0 amide bonds. The molecule has 1 saturated heterocycles. The summed E-state index contributed by atoms with van der Waals surface area (Å²) in [4.78, 5) is 2.41. The number of hydrogen-bond donors (Lipinski definition) is 1. The van der Waals surface area contributed by atoms with E-state index >= 15 is 0 Å². The lowest BCUT2D eigenvalue weighted by Crippen LogP contribution is -2.43. The number of aryl methyl sites for hydroxylation is 1. The van der Waals surface area contributed by atoms with Crippen LogP contribution in [0.5, 0.6) is 5.75 Å². The molecule has 1 fully saturated rings. The van der Waals surface area contributed by atoms with Gasteiger partial charge in [-0.2, -0.15) is 0 Å². The molecule has 2 rings (SSSR count). The molecule has 4 heteroatoms. The number of rotatable bonds is 5. The summed E-state index contributed by atoms with van der Waals surface area (Å²) in [7, 11) is 0. The van der Waals surface area contributed by atoms with Crippen molar-refractivity contribution in [2.45, 2.75) is 33.3 Å². The lowest BCUT2D eigenvalue weighted by molar-refractivity contribution is -0.0163. The van der Waals surface area contributed by atoms with Crippen LogP contribution in [0.2, 0.25) is 0 Å². The highest BCUT2D eigenvalue weighted by atomic mass is 16.5. The molecule has 1 aromatic rings. The predicted molar refractivity (Wildman–Crippen MR) is 87.5 cm³/mol. The second kappa shape index (κ2) is 7.14. The third kappa shape index (κ3) is 5.21. The lowest BCUT2D eigenvalue weighted by Gasteiger charge is -2.30. The number of hydrogen-bond acceptors (Lipinski definition) is 4. The van der Waals surface area contributed by atoms with Gasteiger partial charge in [0.2, 0.25) is 0 Å². The predicted octanol–water partition coefficient (Wildman–Crippen LogP) is 2.60. The lowest BCUT2D eigenvalue weighted by atomic mass is 10.1. The molecule has 1 aromatic carbocycles. The van der Waals surface area contributed by atoms with Gasteiger partial charge in [0.05, 0.1) is 12.2 Å². The van der Waals surface area contributed by atoms with E-state index in [1.807, 2.05) is 0 Å². The number of nitrogens with zero attached hydrogens (tertiary/aromatic N) is 1. The largest absolute Gasteiger partial charge is 0.491 e. The molecule has 1 heterocycles. The molecule has 0 saturated carbocycles. The zero-order valence-electron chi connectivity index (χ0n) is 13.7. The minimum Gasteiger partial charge on any atom is -0.491 e. The molecule has 0 radical (unpaired) electrons. The quantitative estimate of drug-likeness (QED) is 0.846. The molecular formula is C17H28N2O2. The van der Waals surface area contributed by atoms with Gasteiger partial charge < -0.3 is 19.7 Å². The second-order valence-electron chi connectivity index (χ2n) is 6.50. The van der Waals surface area contributed by atoms with Crippen LogP contribution in [0.25, 0.3) is 0 Å². The molecule has 1 aliphatic rings. The van der Waals surface area contributed by atoms with Crippen molar-refractivity contribution in [3.63, 3.8) is 0 Å². The Bertz CT molecular complexity index is 449. The zero-order chi connectivity index (χ0) is 15.3. The van der Waals surface area contributed by atoms with E-state index in [2.05, 4.69) is 56.1 Å². The highest BCUT2D eigenvalue weighted by Crippen LogP contribution is 2.24. The molecule has 1 aliphatic heterocycles. The van der Waals surface area contributed by atoms with Crippen molar-refractivity contribution in [3.8, 4) is 5.75 Å². The van der Waals surface area contributed by atoms with Gasteiger partial charge in [-0.3, -0.25) is 0 Å². The Labute approximate surface area is 128 Å². The van der Waals surface area contributed by atoms with E-state index in [1.165, 1.54) is 11.3 Å². The Kier molecular flexibility index (Phi) is 5.48. The van der Waals surface area contributed by atoms with Crippen LogP contribution in [0.1, 0.15) is 26.3 Å². The van der Waals surface area contributed by atoms with E-state index in [-0.39, 0.29) is 5.60 Å². The van der Waals surface area contributed by atoms with Crippen molar-refractivity contribution < 1.29 is 9.47 Å². The number of anilines is 1. The minimum absolute atomic E-state index is 0.107. The highest BCUT2D eigenvalue weighted by Gasteiger charge is 2.12. The fourth-order valence-electron chi connectivity index (χ4n) is 2.41. The molecule has 0 spiro atoms. The van der Waals surface area contributed by atoms with Gasteiger partial charge in [0.1, 0.15) is 12.4 Å². The Balaban J connectivity index is 1.87. The smallest absolute Gasteiger partial charge is 0.122 e. The molecule has 0 aliphatic carbocycles. The summed E-state index contributed by atoms with van der Waals surface area (Å²) >= 11 is 0. The molecular weight excluding hydrogens is 264 g/mol. The van der Waals surface area contributed by atoms with Crippen LogP contribution in [0.4, 0.5) is 5.69 Å². The fraction of sp³-hybridized carbons (Fsp3) is 0.647. The van der Waals surface area contributed by atoms with Crippen molar-refractivity contribution in [1.82, 2.24) is 5.32 Å². The minimum atomic E-state index is -0.107. The van der Waals surface area contributed by atoms with Crippen LogP contribution in [0.3, 0.4) is 0 Å². The van der Waals surface area contributed by atoms with Crippen molar-refractivity contribution in [1.29, 1.82) is 0 Å². The van der Waals surface area contributed by atoms with Crippen LogP contribution in [-0.4, -0.2) is 45.0 Å². The van der Waals surface area contributed by atoms with Crippen LogP contribution >= 0.6 is 0 Å². The Morgan fingerprint density at radius 1 is 1.14 bits per heavy atom. The first-order valence-corrected chi connectivity index (χ1v) is 7.79. The molecule has 0 atom stereocenters. The van der Waals surface area contributed by atoms with E-state index in [9.17, 15) is 0 Å². The molecule has 1 N–H and O–H groups in total. The van der Waals surface area contributed by atoms with Crippen molar-refractivity contribution in [3.05, 3.63) is 23.8 Å². The Morgan fingerprint density at radius 3 is 2.48 bits per heavy atom. The maximum Gasteiger partial charge on any atom is 0.122 e. The number of benzene rings is 1. The van der Waals surface area contributed by atoms with Gasteiger partial charge in [-0.25, -0.2) is 0 Å². The first-order valence-electron chi connectivity index (χ1n) is 7.79. The molecule has 0 aromatic heterocycles. The van der Waals surface area contributed by atoms with Gasteiger partial charge in [-0.1, -0.05) is 0 Å². The summed E-state index contributed by atoms with van der Waals surface area (Å²) in [5.74, 6) is 0.950. The molecule has 0 unspecified atom stereocenters. The van der Waals surface area contributed by atoms with Gasteiger partial charge in [-0.15, -0.1) is 0 Å². The normalized spacial score (nSPS) is 16.1. The van der Waals surface area contributed by atoms with Crippen LogP contribution in [-0.2, 0) is 4.74 Å². The maximum atomic E-state index is 5.82. The average Bonchev–Trinajstić information content (AvgIpc) is 2.45. The van der Waals surface area contributed by atoms with Crippen LogP contribution in [0, 0.1) is 6.92 Å². The summed E-state index contributed by atoms with van der Waals surface area (Å²) in [6, 6.07) is 6.44. The van der Waals surface area contributed by atoms with Crippen LogP contribution < -0.4 is 15.0 Å². The van der Waals surface area contributed by atoms with Gasteiger partial charge in [0, 0.05) is 31.9 Å². The maximum absolute atomic E-state index is 5.82. The first-order chi connectivity index (χ1) is 9.96. The van der Waals surface area contributed by atoms with Gasteiger partial charge in [0.15, 0.2) is 0 Å². The van der Waals surface area contributed by atoms with E-state index in [0.717, 1.165) is 31.9 Å². The summed E-state index contributed by atoms with van der Waals surface area (Å²) in [6.07, 6.45) is 0. The highest BCUT2D eigenvalue weighted by molar-refractivity contribution is 5.53. The zero-order valence-corrected chi connectivity index (χ0v) is 13.7. The van der Waals surface area contributed by atoms with Crippen molar-refractivity contribution >= 4 is 5.69 Å². The number of nitrogens with one attached hydrogen (secondary N) is 1. The molecule has 0 bridgehead atoms. The van der Waals surface area contributed by atoms with Crippen LogP contribution in [0.15, 0.2) is 18.2 Å². The monoisotopic (exact) mass is 292 g/mol. The number of piperazine rings is 1. The summed E-state index contributed by atoms with van der Waals surface area (Å²) in [5, 5.41) is 3.38. The summed E-state index contributed by atoms with van der Waals surface area (Å²) < 4.78 is 11.5. The summed E-state index contributed by atoms with van der Waals surface area (Å²) in [6.45, 7) is 13.7. The topological polar surface area (TPSA) is 33.7 Å². The van der Waals surface area contributed by atoms with Gasteiger partial charge in [-0.05, 0) is 51.5 Å². The summed E-state index contributed by atoms with van der Waals surface area (Å²) in [5.41, 5.74) is 2.36. The SMILES string of the molecule is Cc1cc(N2CCNCC2)ccc1OCCOC(C)(C)C. The van der Waals surface area contributed by atoms with Gasteiger partial charge >= 0.3 is 0 Å². The molecule has 4 nitrogen and oxygen atoms in total. The Hall–Kier alpha value is -1.26. The van der Waals surface area contributed by atoms with E-state index in [4.69, 9.17) is 9.47 Å².